The van der Waals surface area contributed by atoms with E-state index in [1.54, 1.807) is 12.1 Å². The van der Waals surface area contributed by atoms with Gasteiger partial charge in [-0.2, -0.15) is 5.11 Å². The van der Waals surface area contributed by atoms with E-state index in [0.29, 0.717) is 5.69 Å². The summed E-state index contributed by atoms with van der Waals surface area (Å²) < 4.78 is 15.2. The smallest absolute Gasteiger partial charge is 0.150 e. The van der Waals surface area contributed by atoms with Crippen LogP contribution in [0.3, 0.4) is 0 Å². The van der Waals surface area contributed by atoms with Crippen molar-refractivity contribution in [1.82, 2.24) is 0 Å². The molecular formula is C21H26BrFN2. The molecule has 0 radical (unpaired) electrons. The van der Waals surface area contributed by atoms with E-state index in [4.69, 9.17) is 0 Å². The van der Waals surface area contributed by atoms with Crippen molar-refractivity contribution < 1.29 is 4.39 Å². The van der Waals surface area contributed by atoms with Crippen LogP contribution in [0, 0.1) is 11.7 Å². The maximum absolute atomic E-state index is 14.3. The van der Waals surface area contributed by atoms with E-state index >= 15 is 0 Å². The van der Waals surface area contributed by atoms with Crippen LogP contribution in [0.5, 0.6) is 0 Å². The molecule has 0 saturated carbocycles. The molecule has 0 bridgehead atoms. The predicted molar refractivity (Wildman–Crippen MR) is 106 cm³/mol. The Morgan fingerprint density at radius 3 is 2.40 bits per heavy atom. The molecule has 0 aromatic heterocycles. The first kappa shape index (κ1) is 19.8. The number of halogens is 2. The monoisotopic (exact) mass is 404 g/mol. The Morgan fingerprint density at radius 2 is 1.76 bits per heavy atom. The van der Waals surface area contributed by atoms with Gasteiger partial charge in [-0.05, 0) is 60.7 Å². The van der Waals surface area contributed by atoms with Crippen LogP contribution in [-0.2, 0) is 6.42 Å². The lowest BCUT2D eigenvalue weighted by molar-refractivity contribution is 0.421. The number of azo groups is 1. The van der Waals surface area contributed by atoms with Crippen molar-refractivity contribution in [2.45, 2.75) is 52.4 Å². The number of nitrogens with zero attached hydrogens (tertiary/aromatic N) is 2. The van der Waals surface area contributed by atoms with E-state index in [2.05, 4.69) is 40.0 Å². The van der Waals surface area contributed by atoms with Crippen molar-refractivity contribution in [3.63, 3.8) is 0 Å². The average Bonchev–Trinajstić information content (AvgIpc) is 2.62. The van der Waals surface area contributed by atoms with Crippen molar-refractivity contribution in [2.24, 2.45) is 16.1 Å². The van der Waals surface area contributed by atoms with Gasteiger partial charge in [-0.25, -0.2) is 4.39 Å². The molecular weight excluding hydrogens is 379 g/mol. The third-order valence-corrected chi connectivity index (χ3v) is 5.03. The standard InChI is InChI=1S/C21H26BrFN2/c1-3-5-6-16(4-2)7-8-17-9-14-21(20(23)15-17)25-24-19-12-10-18(22)11-13-19/h9-16H,3-8H2,1-2H3. The fraction of sp³-hybridized carbons (Fsp3) is 0.429. The number of hydrogen-bond acceptors (Lipinski definition) is 2. The van der Waals surface area contributed by atoms with Crippen molar-refractivity contribution in [3.05, 3.63) is 58.3 Å². The van der Waals surface area contributed by atoms with Crippen molar-refractivity contribution in [3.8, 4) is 0 Å². The molecule has 0 aliphatic heterocycles. The van der Waals surface area contributed by atoms with Crippen LogP contribution in [0.2, 0.25) is 0 Å². The maximum Gasteiger partial charge on any atom is 0.150 e. The van der Waals surface area contributed by atoms with Crippen LogP contribution in [0.15, 0.2) is 57.2 Å². The molecule has 1 unspecified atom stereocenters. The number of unbranched alkanes of at least 4 members (excludes halogenated alkanes) is 1. The minimum absolute atomic E-state index is 0.282. The van der Waals surface area contributed by atoms with E-state index in [1.165, 1.54) is 25.7 Å². The van der Waals surface area contributed by atoms with Gasteiger partial charge in [0.1, 0.15) is 5.69 Å². The fourth-order valence-corrected chi connectivity index (χ4v) is 3.09. The summed E-state index contributed by atoms with van der Waals surface area (Å²) in [4.78, 5) is 0. The van der Waals surface area contributed by atoms with Crippen LogP contribution >= 0.6 is 15.9 Å². The van der Waals surface area contributed by atoms with Gasteiger partial charge >= 0.3 is 0 Å². The molecule has 0 amide bonds. The van der Waals surface area contributed by atoms with Gasteiger partial charge in [0.15, 0.2) is 5.82 Å². The van der Waals surface area contributed by atoms with Gasteiger partial charge in [0, 0.05) is 4.47 Å². The van der Waals surface area contributed by atoms with E-state index in [0.717, 1.165) is 28.8 Å². The molecule has 1 atom stereocenters. The summed E-state index contributed by atoms with van der Waals surface area (Å²) in [5.74, 6) is 0.430. The first-order chi connectivity index (χ1) is 12.1. The Balaban J connectivity index is 1.96. The Hall–Kier alpha value is -1.55. The van der Waals surface area contributed by atoms with E-state index in [-0.39, 0.29) is 11.5 Å². The van der Waals surface area contributed by atoms with Gasteiger partial charge in [-0.15, -0.1) is 5.11 Å². The van der Waals surface area contributed by atoms with Crippen LogP contribution < -0.4 is 0 Å². The lowest BCUT2D eigenvalue weighted by atomic mass is 9.92. The third kappa shape index (κ3) is 6.69. The minimum atomic E-state index is -0.306. The molecule has 134 valence electrons. The lowest BCUT2D eigenvalue weighted by Crippen LogP contribution is -2.01. The second kappa shape index (κ2) is 10.4. The molecule has 2 aromatic rings. The zero-order chi connectivity index (χ0) is 18.1. The molecule has 0 spiro atoms. The summed E-state index contributed by atoms with van der Waals surface area (Å²) in [7, 11) is 0. The largest absolute Gasteiger partial charge is 0.205 e. The summed E-state index contributed by atoms with van der Waals surface area (Å²) in [5.41, 5.74) is 2.02. The highest BCUT2D eigenvalue weighted by molar-refractivity contribution is 9.10. The van der Waals surface area contributed by atoms with Crippen molar-refractivity contribution >= 4 is 27.3 Å². The van der Waals surface area contributed by atoms with Gasteiger partial charge in [0.05, 0.1) is 5.69 Å². The third-order valence-electron chi connectivity index (χ3n) is 4.50. The number of hydrogen-bond donors (Lipinski definition) is 0. The molecule has 4 heteroatoms. The van der Waals surface area contributed by atoms with Gasteiger partial charge in [0.2, 0.25) is 0 Å². The molecule has 0 aliphatic carbocycles. The van der Waals surface area contributed by atoms with Crippen LogP contribution in [0.4, 0.5) is 15.8 Å². The Labute approximate surface area is 158 Å². The van der Waals surface area contributed by atoms with Crippen molar-refractivity contribution in [1.29, 1.82) is 0 Å². The Morgan fingerprint density at radius 1 is 1.00 bits per heavy atom. The topological polar surface area (TPSA) is 24.7 Å². The molecule has 2 aromatic carbocycles. The van der Waals surface area contributed by atoms with Gasteiger partial charge in [-0.1, -0.05) is 61.5 Å². The molecule has 25 heavy (non-hydrogen) atoms. The molecule has 0 N–H and O–H groups in total. The predicted octanol–water partition coefficient (Wildman–Crippen LogP) is 8.15. The molecule has 0 heterocycles. The molecule has 0 fully saturated rings. The summed E-state index contributed by atoms with van der Waals surface area (Å²) in [6, 6.07) is 12.7. The van der Waals surface area contributed by atoms with E-state index in [9.17, 15) is 4.39 Å². The van der Waals surface area contributed by atoms with Crippen LogP contribution in [0.1, 0.15) is 51.5 Å². The highest BCUT2D eigenvalue weighted by atomic mass is 79.9. The Bertz CT molecular complexity index is 683. The van der Waals surface area contributed by atoms with E-state index in [1.807, 2.05) is 30.3 Å². The van der Waals surface area contributed by atoms with Crippen LogP contribution in [-0.4, -0.2) is 0 Å². The summed E-state index contributed by atoms with van der Waals surface area (Å²) in [6.45, 7) is 4.47. The second-order valence-electron chi connectivity index (χ2n) is 6.42. The zero-order valence-electron chi connectivity index (χ0n) is 15.0. The highest BCUT2D eigenvalue weighted by Crippen LogP contribution is 2.25. The summed E-state index contributed by atoms with van der Waals surface area (Å²) in [5, 5.41) is 8.13. The fourth-order valence-electron chi connectivity index (χ4n) is 2.82. The SMILES string of the molecule is CCCCC(CC)CCc1ccc(N=Nc2ccc(Br)cc2)c(F)c1. The summed E-state index contributed by atoms with van der Waals surface area (Å²) >= 11 is 3.37. The summed E-state index contributed by atoms with van der Waals surface area (Å²) in [6.07, 6.45) is 7.03. The number of benzene rings is 2. The first-order valence-electron chi connectivity index (χ1n) is 9.08. The molecule has 2 rings (SSSR count). The van der Waals surface area contributed by atoms with E-state index < -0.39 is 0 Å². The molecule has 2 nitrogen and oxygen atoms in total. The highest BCUT2D eigenvalue weighted by Gasteiger charge is 2.08. The molecule has 0 saturated heterocycles. The second-order valence-corrected chi connectivity index (χ2v) is 7.33. The Kier molecular flexibility index (Phi) is 8.26. The number of rotatable bonds is 9. The molecule has 0 aliphatic rings. The lowest BCUT2D eigenvalue weighted by Gasteiger charge is -2.14. The van der Waals surface area contributed by atoms with Gasteiger partial charge in [-0.3, -0.25) is 0 Å². The maximum atomic E-state index is 14.3. The number of aryl methyl sites for hydroxylation is 1. The first-order valence-corrected chi connectivity index (χ1v) is 9.87. The zero-order valence-corrected chi connectivity index (χ0v) is 16.6. The van der Waals surface area contributed by atoms with Crippen LogP contribution in [0.25, 0.3) is 0 Å². The average molecular weight is 405 g/mol. The van der Waals surface area contributed by atoms with Gasteiger partial charge < -0.3 is 0 Å². The minimum Gasteiger partial charge on any atom is -0.205 e. The normalized spacial score (nSPS) is 12.6. The van der Waals surface area contributed by atoms with Crippen molar-refractivity contribution in [2.75, 3.05) is 0 Å². The quantitative estimate of drug-likeness (QED) is 0.376. The van der Waals surface area contributed by atoms with Gasteiger partial charge in [0.25, 0.3) is 0 Å².